The van der Waals surface area contributed by atoms with Crippen molar-refractivity contribution < 1.29 is 18.0 Å². The summed E-state index contributed by atoms with van der Waals surface area (Å²) in [6.45, 7) is 0. The van der Waals surface area contributed by atoms with Gasteiger partial charge in [0.05, 0.1) is 17.6 Å². The number of nitrogens with two attached hydrogens (primary N) is 1. The van der Waals surface area contributed by atoms with Gasteiger partial charge < -0.3 is 20.6 Å². The molecule has 0 radical (unpaired) electrons. The Kier molecular flexibility index (Phi) is 5.05. The molecule has 0 atom stereocenters. The van der Waals surface area contributed by atoms with E-state index in [1.54, 1.807) is 0 Å². The van der Waals surface area contributed by atoms with Crippen LogP contribution in [0.1, 0.15) is 5.69 Å². The second-order valence-corrected chi connectivity index (χ2v) is 7.47. The molecule has 1 amide bonds. The fraction of sp³-hybridized carbons (Fsp3) is 0.167. The maximum atomic E-state index is 13.2. The number of aromatic amines is 1. The summed E-state index contributed by atoms with van der Waals surface area (Å²) in [5.74, 6) is -0.464. The number of nitrogens with one attached hydrogen (secondary N) is 2. The third-order valence-electron chi connectivity index (χ3n) is 4.44. The summed E-state index contributed by atoms with van der Waals surface area (Å²) in [6, 6.07) is 4.71. The van der Waals surface area contributed by atoms with Crippen LogP contribution in [0.4, 0.5) is 24.8 Å². The summed E-state index contributed by atoms with van der Waals surface area (Å²) in [4.78, 5) is 39.4. The van der Waals surface area contributed by atoms with E-state index < -0.39 is 23.2 Å². The molecule has 0 fully saturated rings. The van der Waals surface area contributed by atoms with Gasteiger partial charge in [-0.2, -0.15) is 18.2 Å². The minimum atomic E-state index is -4.69. The minimum Gasteiger partial charge on any atom is -0.368 e. The second kappa shape index (κ2) is 7.58. The molecule has 1 aromatic carbocycles. The lowest BCUT2D eigenvalue weighted by Gasteiger charge is -2.15. The van der Waals surface area contributed by atoms with Crippen LogP contribution in [0.3, 0.4) is 0 Å². The zero-order chi connectivity index (χ0) is 22.3. The Balaban J connectivity index is 1.56. The Hall–Kier alpha value is -3.61. The number of thioether (sulfide) groups is 1. The molecular formula is C18H14F3N7O2S. The van der Waals surface area contributed by atoms with Crippen molar-refractivity contribution in [2.24, 2.45) is 7.05 Å². The predicted octanol–water partition coefficient (Wildman–Crippen LogP) is 2.54. The van der Waals surface area contributed by atoms with E-state index in [-0.39, 0.29) is 28.3 Å². The van der Waals surface area contributed by atoms with Crippen molar-refractivity contribution in [3.05, 3.63) is 46.5 Å². The third kappa shape index (κ3) is 4.03. The van der Waals surface area contributed by atoms with Gasteiger partial charge in [-0.05, 0) is 18.2 Å². The van der Waals surface area contributed by atoms with Crippen LogP contribution >= 0.6 is 11.8 Å². The van der Waals surface area contributed by atoms with Crippen molar-refractivity contribution in [3.8, 4) is 0 Å². The SMILES string of the molecule is Cn1c(C(F)(F)F)cc(=O)c2ccc(NC(=O)CSc3nc(N)nc4nc[nH]c34)cc21. The van der Waals surface area contributed by atoms with Crippen LogP contribution in [0.25, 0.3) is 22.1 Å². The van der Waals surface area contributed by atoms with Crippen LogP contribution in [0.5, 0.6) is 0 Å². The van der Waals surface area contributed by atoms with Gasteiger partial charge in [0.2, 0.25) is 11.9 Å². The van der Waals surface area contributed by atoms with Gasteiger partial charge in [0, 0.05) is 24.2 Å². The minimum absolute atomic E-state index is 0.0124. The van der Waals surface area contributed by atoms with E-state index in [9.17, 15) is 22.8 Å². The molecule has 3 heterocycles. The van der Waals surface area contributed by atoms with E-state index >= 15 is 0 Å². The highest BCUT2D eigenvalue weighted by molar-refractivity contribution is 8.00. The van der Waals surface area contributed by atoms with Crippen LogP contribution in [0.15, 0.2) is 40.4 Å². The third-order valence-corrected chi connectivity index (χ3v) is 5.41. The highest BCUT2D eigenvalue weighted by Crippen LogP contribution is 2.30. The number of H-pyrrole nitrogens is 1. The first-order valence-corrected chi connectivity index (χ1v) is 9.72. The molecule has 0 spiro atoms. The number of benzene rings is 1. The number of imidazole rings is 1. The quantitative estimate of drug-likeness (QED) is 0.322. The Labute approximate surface area is 175 Å². The molecule has 0 saturated carbocycles. The fourth-order valence-corrected chi connectivity index (χ4v) is 3.85. The molecular weight excluding hydrogens is 435 g/mol. The van der Waals surface area contributed by atoms with Crippen LogP contribution in [-0.2, 0) is 18.0 Å². The maximum absolute atomic E-state index is 13.2. The molecule has 0 bridgehead atoms. The lowest BCUT2D eigenvalue weighted by Crippen LogP contribution is -2.20. The number of anilines is 2. The number of amides is 1. The zero-order valence-electron chi connectivity index (χ0n) is 15.8. The number of hydrogen-bond acceptors (Lipinski definition) is 7. The number of alkyl halides is 3. The summed E-state index contributed by atoms with van der Waals surface area (Å²) in [5, 5.41) is 3.16. The number of pyridine rings is 1. The van der Waals surface area contributed by atoms with Crippen molar-refractivity contribution >= 4 is 51.4 Å². The molecule has 0 aliphatic rings. The molecule has 160 valence electrons. The summed E-state index contributed by atoms with van der Waals surface area (Å²) >= 11 is 1.09. The highest BCUT2D eigenvalue weighted by atomic mass is 32.2. The van der Waals surface area contributed by atoms with Crippen LogP contribution in [0, 0.1) is 0 Å². The van der Waals surface area contributed by atoms with E-state index in [4.69, 9.17) is 5.73 Å². The predicted molar refractivity (Wildman–Crippen MR) is 110 cm³/mol. The fourth-order valence-electron chi connectivity index (χ4n) is 3.05. The molecule has 4 rings (SSSR count). The molecule has 0 aliphatic carbocycles. The van der Waals surface area contributed by atoms with Crippen molar-refractivity contribution in [2.75, 3.05) is 16.8 Å². The lowest BCUT2D eigenvalue weighted by molar-refractivity contribution is -0.143. The van der Waals surface area contributed by atoms with Crippen molar-refractivity contribution in [1.29, 1.82) is 0 Å². The number of nitrogen functional groups attached to an aromatic ring is 1. The average Bonchev–Trinajstić information content (AvgIpc) is 3.16. The molecule has 0 aliphatic heterocycles. The lowest BCUT2D eigenvalue weighted by atomic mass is 10.1. The van der Waals surface area contributed by atoms with Gasteiger partial charge in [0.25, 0.3) is 0 Å². The number of carbonyl (C=O) groups is 1. The first-order chi connectivity index (χ1) is 14.6. The van der Waals surface area contributed by atoms with Gasteiger partial charge in [-0.25, -0.2) is 9.97 Å². The zero-order valence-corrected chi connectivity index (χ0v) is 16.6. The topological polar surface area (TPSA) is 132 Å². The van der Waals surface area contributed by atoms with Gasteiger partial charge in [-0.15, -0.1) is 0 Å². The molecule has 3 aromatic heterocycles. The summed E-state index contributed by atoms with van der Waals surface area (Å²) in [6.07, 6.45) is -3.26. The van der Waals surface area contributed by atoms with Crippen molar-refractivity contribution in [2.45, 2.75) is 11.2 Å². The largest absolute Gasteiger partial charge is 0.431 e. The first-order valence-electron chi connectivity index (χ1n) is 8.73. The van der Waals surface area contributed by atoms with Gasteiger partial charge in [-0.3, -0.25) is 9.59 Å². The highest BCUT2D eigenvalue weighted by Gasteiger charge is 2.34. The number of rotatable bonds is 4. The van der Waals surface area contributed by atoms with E-state index in [0.717, 1.165) is 16.3 Å². The molecule has 0 unspecified atom stereocenters. The average molecular weight is 449 g/mol. The molecule has 13 heteroatoms. The number of halogens is 3. The monoisotopic (exact) mass is 449 g/mol. The molecule has 4 aromatic rings. The van der Waals surface area contributed by atoms with Crippen molar-refractivity contribution in [3.63, 3.8) is 0 Å². The summed E-state index contributed by atoms with van der Waals surface area (Å²) in [5.41, 5.74) is 5.01. The molecule has 9 nitrogen and oxygen atoms in total. The number of aryl methyl sites for hydroxylation is 1. The van der Waals surface area contributed by atoms with E-state index in [1.807, 2.05) is 0 Å². The summed E-state index contributed by atoms with van der Waals surface area (Å²) in [7, 11) is 1.21. The van der Waals surface area contributed by atoms with Crippen LogP contribution in [0.2, 0.25) is 0 Å². The van der Waals surface area contributed by atoms with Gasteiger partial charge in [0.15, 0.2) is 11.1 Å². The molecule has 31 heavy (non-hydrogen) atoms. The van der Waals surface area contributed by atoms with Crippen LogP contribution < -0.4 is 16.5 Å². The maximum Gasteiger partial charge on any atom is 0.431 e. The van der Waals surface area contributed by atoms with Crippen molar-refractivity contribution in [1.82, 2.24) is 24.5 Å². The second-order valence-electron chi connectivity index (χ2n) is 6.51. The Morgan fingerprint density at radius 2 is 2.06 bits per heavy atom. The smallest absolute Gasteiger partial charge is 0.368 e. The number of carbonyl (C=O) groups excluding carboxylic acids is 1. The summed E-state index contributed by atoms with van der Waals surface area (Å²) < 4.78 is 40.4. The standard InChI is InChI=1S/C18H14F3N7O2S/c1-28-10-4-8(2-3-9(10)11(29)5-12(28)18(19,20)21)25-13(30)6-31-16-14-15(24-7-23-14)26-17(22)27-16/h2-5,7H,6H2,1H3,(H,25,30)(H3,22,23,24,26,27). The molecule has 0 saturated heterocycles. The van der Waals surface area contributed by atoms with Gasteiger partial charge in [-0.1, -0.05) is 11.8 Å². The Morgan fingerprint density at radius 3 is 2.81 bits per heavy atom. The van der Waals surface area contributed by atoms with Gasteiger partial charge in [0.1, 0.15) is 16.2 Å². The van der Waals surface area contributed by atoms with E-state index in [2.05, 4.69) is 25.3 Å². The number of aromatic nitrogens is 5. The normalized spacial score (nSPS) is 11.9. The Bertz CT molecular complexity index is 1380. The number of fused-ring (bicyclic) bond motifs is 2. The molecule has 4 N–H and O–H groups in total. The Morgan fingerprint density at radius 1 is 1.29 bits per heavy atom. The van der Waals surface area contributed by atoms with E-state index in [0.29, 0.717) is 22.3 Å². The first kappa shape index (κ1) is 20.7. The number of hydrogen-bond donors (Lipinski definition) is 3. The van der Waals surface area contributed by atoms with Crippen LogP contribution in [-0.4, -0.2) is 36.2 Å². The van der Waals surface area contributed by atoms with Gasteiger partial charge >= 0.3 is 6.18 Å². The van der Waals surface area contributed by atoms with E-state index in [1.165, 1.54) is 31.6 Å². The number of nitrogens with zero attached hydrogens (tertiary/aromatic N) is 4.